The number of hydrogen-bond donors (Lipinski definition) is 3. The number of carboxylic acid groups (broad SMARTS) is 1. The zero-order valence-electron chi connectivity index (χ0n) is 12.4. The van der Waals surface area contributed by atoms with Crippen LogP contribution in [0.3, 0.4) is 0 Å². The maximum atomic E-state index is 11.5. The van der Waals surface area contributed by atoms with Crippen LogP contribution in [-0.2, 0) is 4.79 Å². The molecule has 0 saturated heterocycles. The van der Waals surface area contributed by atoms with E-state index >= 15 is 0 Å². The molecule has 1 unspecified atom stereocenters. The standard InChI is InChI=1S/C15H18N2O5/c1-3-6-22-12-5-4-9(7-13(12)21-2)10-8-11(14(18)19)17-15(20)16-10/h4-5,7-8,10H,3,6H2,1-2H3,(H,18,19)(H2,16,17,20). The van der Waals surface area contributed by atoms with Gasteiger partial charge in [0.15, 0.2) is 11.5 Å². The van der Waals surface area contributed by atoms with E-state index in [-0.39, 0.29) is 5.70 Å². The number of carbonyl (C=O) groups is 2. The molecule has 0 spiro atoms. The third kappa shape index (κ3) is 3.49. The van der Waals surface area contributed by atoms with Gasteiger partial charge in [0.05, 0.1) is 19.8 Å². The monoisotopic (exact) mass is 306 g/mol. The number of amides is 2. The number of ether oxygens (including phenoxy) is 2. The summed E-state index contributed by atoms with van der Waals surface area (Å²) in [5, 5.41) is 13.9. The molecule has 1 aromatic carbocycles. The zero-order valence-corrected chi connectivity index (χ0v) is 12.4. The van der Waals surface area contributed by atoms with E-state index in [9.17, 15) is 9.59 Å². The molecule has 0 fully saturated rings. The zero-order chi connectivity index (χ0) is 16.1. The lowest BCUT2D eigenvalue weighted by molar-refractivity contribution is -0.133. The Hall–Kier alpha value is -2.70. The highest BCUT2D eigenvalue weighted by atomic mass is 16.5. The molecule has 0 bridgehead atoms. The minimum absolute atomic E-state index is 0.154. The van der Waals surface area contributed by atoms with Crippen molar-refractivity contribution in [1.82, 2.24) is 10.6 Å². The molecular formula is C15H18N2O5. The first-order chi connectivity index (χ1) is 10.5. The molecule has 1 aliphatic heterocycles. The summed E-state index contributed by atoms with van der Waals surface area (Å²) >= 11 is 0. The Kier molecular flexibility index (Phi) is 4.88. The second kappa shape index (κ2) is 6.84. The van der Waals surface area contributed by atoms with Crippen LogP contribution in [0.15, 0.2) is 30.0 Å². The number of aliphatic carboxylic acids is 1. The molecule has 118 valence electrons. The summed E-state index contributed by atoms with van der Waals surface area (Å²) in [6, 6.07) is 4.12. The van der Waals surface area contributed by atoms with Crippen molar-refractivity contribution in [3.8, 4) is 11.5 Å². The van der Waals surface area contributed by atoms with E-state index in [1.165, 1.54) is 13.2 Å². The summed E-state index contributed by atoms with van der Waals surface area (Å²) in [6.07, 6.45) is 2.31. The topological polar surface area (TPSA) is 96.9 Å². The number of benzene rings is 1. The van der Waals surface area contributed by atoms with Gasteiger partial charge in [-0.1, -0.05) is 13.0 Å². The van der Waals surface area contributed by atoms with E-state index in [4.69, 9.17) is 14.6 Å². The van der Waals surface area contributed by atoms with E-state index in [0.717, 1.165) is 6.42 Å². The van der Waals surface area contributed by atoms with Crippen LogP contribution >= 0.6 is 0 Å². The second-order valence-electron chi connectivity index (χ2n) is 4.72. The molecule has 1 aliphatic rings. The fourth-order valence-electron chi connectivity index (χ4n) is 2.06. The molecule has 0 aromatic heterocycles. The molecule has 3 N–H and O–H groups in total. The van der Waals surface area contributed by atoms with Gasteiger partial charge in [-0.15, -0.1) is 0 Å². The van der Waals surface area contributed by atoms with Crippen molar-refractivity contribution in [3.05, 3.63) is 35.5 Å². The molecule has 1 heterocycles. The highest BCUT2D eigenvalue weighted by Crippen LogP contribution is 2.31. The van der Waals surface area contributed by atoms with Crippen LogP contribution in [0.2, 0.25) is 0 Å². The number of urea groups is 1. The van der Waals surface area contributed by atoms with E-state index in [0.29, 0.717) is 23.7 Å². The Labute approximate surface area is 127 Å². The van der Waals surface area contributed by atoms with Gasteiger partial charge in [0, 0.05) is 0 Å². The summed E-state index contributed by atoms with van der Waals surface area (Å²) in [5.74, 6) is -0.0467. The maximum Gasteiger partial charge on any atom is 0.352 e. The van der Waals surface area contributed by atoms with Crippen molar-refractivity contribution < 1.29 is 24.2 Å². The maximum absolute atomic E-state index is 11.5. The van der Waals surface area contributed by atoms with Crippen LogP contribution in [0.4, 0.5) is 4.79 Å². The largest absolute Gasteiger partial charge is 0.493 e. The number of carboxylic acids is 1. The molecule has 2 amide bonds. The normalized spacial score (nSPS) is 17.1. The quantitative estimate of drug-likeness (QED) is 0.744. The summed E-state index contributed by atoms with van der Waals surface area (Å²) in [6.45, 7) is 2.58. The average molecular weight is 306 g/mol. The molecule has 2 rings (SSSR count). The first-order valence-corrected chi connectivity index (χ1v) is 6.88. The lowest BCUT2D eigenvalue weighted by atomic mass is 10.0. The van der Waals surface area contributed by atoms with Crippen LogP contribution in [0.1, 0.15) is 24.9 Å². The van der Waals surface area contributed by atoms with Crippen LogP contribution < -0.4 is 20.1 Å². The number of rotatable bonds is 6. The molecule has 0 saturated carbocycles. The molecule has 0 radical (unpaired) electrons. The first kappa shape index (κ1) is 15.7. The molecule has 0 aliphatic carbocycles. The van der Waals surface area contributed by atoms with E-state index in [1.807, 2.05) is 6.92 Å². The lowest BCUT2D eigenvalue weighted by Crippen LogP contribution is -2.43. The molecule has 1 aromatic rings. The van der Waals surface area contributed by atoms with Gasteiger partial charge in [-0.3, -0.25) is 0 Å². The van der Waals surface area contributed by atoms with Gasteiger partial charge in [-0.05, 0) is 30.2 Å². The highest BCUT2D eigenvalue weighted by Gasteiger charge is 2.24. The van der Waals surface area contributed by atoms with Gasteiger partial charge in [0.1, 0.15) is 5.70 Å². The summed E-state index contributed by atoms with van der Waals surface area (Å²) in [7, 11) is 1.53. The van der Waals surface area contributed by atoms with Gasteiger partial charge in [0.2, 0.25) is 0 Å². The Morgan fingerprint density at radius 3 is 2.77 bits per heavy atom. The molecule has 7 nitrogen and oxygen atoms in total. The van der Waals surface area contributed by atoms with Crippen LogP contribution in [0.25, 0.3) is 0 Å². The predicted molar refractivity (Wildman–Crippen MR) is 78.9 cm³/mol. The SMILES string of the molecule is CCCOc1ccc(C2C=C(C(=O)O)NC(=O)N2)cc1OC. The smallest absolute Gasteiger partial charge is 0.352 e. The van der Waals surface area contributed by atoms with E-state index < -0.39 is 18.0 Å². The Bertz CT molecular complexity index is 612. The fourth-order valence-corrected chi connectivity index (χ4v) is 2.06. The third-order valence-corrected chi connectivity index (χ3v) is 3.11. The van der Waals surface area contributed by atoms with Crippen LogP contribution in [0, 0.1) is 0 Å². The second-order valence-corrected chi connectivity index (χ2v) is 4.72. The van der Waals surface area contributed by atoms with Crippen molar-refractivity contribution in [3.63, 3.8) is 0 Å². The van der Waals surface area contributed by atoms with Gasteiger partial charge in [-0.2, -0.15) is 0 Å². The summed E-state index contributed by atoms with van der Waals surface area (Å²) in [4.78, 5) is 22.6. The minimum Gasteiger partial charge on any atom is -0.493 e. The van der Waals surface area contributed by atoms with Gasteiger partial charge in [0.25, 0.3) is 0 Å². The fraction of sp³-hybridized carbons (Fsp3) is 0.333. The van der Waals surface area contributed by atoms with Crippen LogP contribution in [-0.4, -0.2) is 30.8 Å². The molecule has 1 atom stereocenters. The summed E-state index contributed by atoms with van der Waals surface area (Å²) in [5.41, 5.74) is 0.549. The van der Waals surface area contributed by atoms with Crippen molar-refractivity contribution in [2.75, 3.05) is 13.7 Å². The third-order valence-electron chi connectivity index (χ3n) is 3.11. The predicted octanol–water partition coefficient (Wildman–Crippen LogP) is 1.81. The number of carbonyl (C=O) groups excluding carboxylic acids is 1. The highest BCUT2D eigenvalue weighted by molar-refractivity contribution is 5.93. The Balaban J connectivity index is 2.30. The lowest BCUT2D eigenvalue weighted by Gasteiger charge is -2.23. The number of nitrogens with one attached hydrogen (secondary N) is 2. The molecule has 7 heteroatoms. The number of methoxy groups -OCH3 is 1. The van der Waals surface area contributed by atoms with Crippen molar-refractivity contribution in [2.24, 2.45) is 0 Å². The van der Waals surface area contributed by atoms with Crippen molar-refractivity contribution >= 4 is 12.0 Å². The summed E-state index contributed by atoms with van der Waals surface area (Å²) < 4.78 is 10.9. The van der Waals surface area contributed by atoms with Crippen molar-refractivity contribution in [2.45, 2.75) is 19.4 Å². The average Bonchev–Trinajstić information content (AvgIpc) is 2.52. The Morgan fingerprint density at radius 1 is 1.36 bits per heavy atom. The van der Waals surface area contributed by atoms with Gasteiger partial charge < -0.3 is 25.2 Å². The van der Waals surface area contributed by atoms with E-state index in [2.05, 4.69) is 10.6 Å². The Morgan fingerprint density at radius 2 is 2.14 bits per heavy atom. The molecule has 22 heavy (non-hydrogen) atoms. The van der Waals surface area contributed by atoms with E-state index in [1.54, 1.807) is 18.2 Å². The number of hydrogen-bond acceptors (Lipinski definition) is 4. The van der Waals surface area contributed by atoms with Crippen molar-refractivity contribution in [1.29, 1.82) is 0 Å². The first-order valence-electron chi connectivity index (χ1n) is 6.88. The molecular weight excluding hydrogens is 288 g/mol. The minimum atomic E-state index is -1.19. The van der Waals surface area contributed by atoms with Crippen LogP contribution in [0.5, 0.6) is 11.5 Å². The van der Waals surface area contributed by atoms with Gasteiger partial charge in [-0.25, -0.2) is 9.59 Å². The van der Waals surface area contributed by atoms with Gasteiger partial charge >= 0.3 is 12.0 Å².